The molecule has 1 heterocycles. The highest BCUT2D eigenvalue weighted by molar-refractivity contribution is 9.10. The Bertz CT molecular complexity index is 425. The molecule has 0 aromatic carbocycles. The van der Waals surface area contributed by atoms with Gasteiger partial charge in [-0.3, -0.25) is 0 Å². The van der Waals surface area contributed by atoms with E-state index in [9.17, 15) is 0 Å². The fourth-order valence-corrected chi connectivity index (χ4v) is 2.91. The molecule has 1 rings (SSSR count). The summed E-state index contributed by atoms with van der Waals surface area (Å²) in [5.41, 5.74) is 0.936. The summed E-state index contributed by atoms with van der Waals surface area (Å²) >= 11 is 9.70. The van der Waals surface area contributed by atoms with Gasteiger partial charge in [-0.2, -0.15) is 0 Å². The van der Waals surface area contributed by atoms with Gasteiger partial charge in [-0.15, -0.1) is 0 Å². The Morgan fingerprint density at radius 1 is 1.17 bits per heavy atom. The molecule has 1 atom stereocenters. The molecular formula is C14H22BrClN2. The van der Waals surface area contributed by atoms with Crippen LogP contribution in [-0.2, 0) is 5.41 Å². The van der Waals surface area contributed by atoms with E-state index < -0.39 is 0 Å². The predicted molar refractivity (Wildman–Crippen MR) is 81.3 cm³/mol. The van der Waals surface area contributed by atoms with Crippen molar-refractivity contribution in [2.45, 2.75) is 59.3 Å². The highest BCUT2D eigenvalue weighted by Gasteiger charge is 2.24. The Morgan fingerprint density at radius 2 is 1.72 bits per heavy atom. The first-order valence-electron chi connectivity index (χ1n) is 6.36. The maximum atomic E-state index is 6.21. The van der Waals surface area contributed by atoms with E-state index in [0.717, 1.165) is 22.4 Å². The fraction of sp³-hybridized carbons (Fsp3) is 0.714. The topological polar surface area (TPSA) is 25.8 Å². The minimum absolute atomic E-state index is 0.0439. The SMILES string of the molecule is CC(C)CC(C)c1nc(Cl)c(Br)c(C(C)(C)C)n1. The third-order valence-electron chi connectivity index (χ3n) is 2.80. The molecule has 4 heteroatoms. The van der Waals surface area contributed by atoms with Crippen LogP contribution in [-0.4, -0.2) is 9.97 Å². The van der Waals surface area contributed by atoms with Gasteiger partial charge in [0, 0.05) is 11.3 Å². The van der Waals surface area contributed by atoms with Crippen molar-refractivity contribution in [3.8, 4) is 0 Å². The fourth-order valence-electron chi connectivity index (χ4n) is 1.97. The summed E-state index contributed by atoms with van der Waals surface area (Å²) in [6, 6.07) is 0. The first-order valence-corrected chi connectivity index (χ1v) is 7.53. The lowest BCUT2D eigenvalue weighted by Gasteiger charge is -2.22. The average Bonchev–Trinajstić information content (AvgIpc) is 2.18. The summed E-state index contributed by atoms with van der Waals surface area (Å²) in [7, 11) is 0. The second kappa shape index (κ2) is 5.87. The molecule has 1 unspecified atom stereocenters. The lowest BCUT2D eigenvalue weighted by Crippen LogP contribution is -2.18. The van der Waals surface area contributed by atoms with Crippen LogP contribution >= 0.6 is 27.5 Å². The van der Waals surface area contributed by atoms with Crippen molar-refractivity contribution >= 4 is 27.5 Å². The molecule has 0 saturated carbocycles. The Kier molecular flexibility index (Phi) is 5.19. The Morgan fingerprint density at radius 3 is 2.17 bits per heavy atom. The summed E-state index contributed by atoms with van der Waals surface area (Å²) in [4.78, 5) is 9.12. The summed E-state index contributed by atoms with van der Waals surface area (Å²) in [6.45, 7) is 13.0. The molecule has 18 heavy (non-hydrogen) atoms. The van der Waals surface area contributed by atoms with E-state index in [2.05, 4.69) is 62.5 Å². The lowest BCUT2D eigenvalue weighted by atomic mass is 9.91. The van der Waals surface area contributed by atoms with Gasteiger partial charge in [0.15, 0.2) is 0 Å². The molecule has 0 N–H and O–H groups in total. The summed E-state index contributed by atoms with van der Waals surface area (Å²) in [5, 5.41) is 0.514. The second-order valence-electron chi connectivity index (χ2n) is 6.32. The van der Waals surface area contributed by atoms with Gasteiger partial charge < -0.3 is 0 Å². The molecule has 1 aromatic heterocycles. The molecule has 0 aliphatic rings. The van der Waals surface area contributed by atoms with Crippen LogP contribution in [0.5, 0.6) is 0 Å². The number of hydrogen-bond acceptors (Lipinski definition) is 2. The summed E-state index contributed by atoms with van der Waals surface area (Å²) in [6.07, 6.45) is 1.07. The molecular weight excluding hydrogens is 312 g/mol. The van der Waals surface area contributed by atoms with Crippen LogP contribution in [0.2, 0.25) is 5.15 Å². The second-order valence-corrected chi connectivity index (χ2v) is 7.47. The van der Waals surface area contributed by atoms with Gasteiger partial charge >= 0.3 is 0 Å². The zero-order chi connectivity index (χ0) is 14.1. The van der Waals surface area contributed by atoms with E-state index >= 15 is 0 Å². The third kappa shape index (κ3) is 3.92. The van der Waals surface area contributed by atoms with Gasteiger partial charge in [-0.25, -0.2) is 9.97 Å². The van der Waals surface area contributed by atoms with Crippen molar-refractivity contribution in [3.05, 3.63) is 21.1 Å². The molecule has 1 aromatic rings. The first kappa shape index (κ1) is 15.9. The maximum Gasteiger partial charge on any atom is 0.147 e. The van der Waals surface area contributed by atoms with Gasteiger partial charge in [0.2, 0.25) is 0 Å². The number of rotatable bonds is 3. The molecule has 0 amide bonds. The maximum absolute atomic E-state index is 6.21. The van der Waals surface area contributed by atoms with Gasteiger partial charge in [-0.1, -0.05) is 53.1 Å². The highest BCUT2D eigenvalue weighted by atomic mass is 79.9. The van der Waals surface area contributed by atoms with Crippen LogP contribution in [0.1, 0.15) is 65.4 Å². The molecule has 0 aliphatic heterocycles. The predicted octanol–water partition coefficient (Wildman–Crippen LogP) is 5.34. The Labute approximate surface area is 124 Å². The molecule has 0 saturated heterocycles. The van der Waals surface area contributed by atoms with Gasteiger partial charge in [0.1, 0.15) is 11.0 Å². The molecule has 0 bridgehead atoms. The summed E-state index contributed by atoms with van der Waals surface area (Å²) < 4.78 is 0.817. The number of halogens is 2. The molecule has 102 valence electrons. The van der Waals surface area contributed by atoms with Crippen molar-refractivity contribution in [1.82, 2.24) is 9.97 Å². The minimum atomic E-state index is -0.0439. The zero-order valence-corrected chi connectivity index (χ0v) is 14.4. The van der Waals surface area contributed by atoms with Crippen molar-refractivity contribution < 1.29 is 0 Å². The first-order chi connectivity index (χ1) is 8.12. The van der Waals surface area contributed by atoms with Crippen LogP contribution in [0, 0.1) is 5.92 Å². The van der Waals surface area contributed by atoms with E-state index in [0.29, 0.717) is 17.0 Å². The van der Waals surface area contributed by atoms with E-state index in [4.69, 9.17) is 16.6 Å². The van der Waals surface area contributed by atoms with Gasteiger partial charge in [0.25, 0.3) is 0 Å². The largest absolute Gasteiger partial charge is 0.236 e. The van der Waals surface area contributed by atoms with Crippen molar-refractivity contribution in [2.75, 3.05) is 0 Å². The number of aromatic nitrogens is 2. The molecule has 0 aliphatic carbocycles. The average molecular weight is 334 g/mol. The third-order valence-corrected chi connectivity index (χ3v) is 4.06. The monoisotopic (exact) mass is 332 g/mol. The number of nitrogens with zero attached hydrogens (tertiary/aromatic N) is 2. The van der Waals surface area contributed by atoms with Gasteiger partial charge in [-0.05, 0) is 28.3 Å². The van der Waals surface area contributed by atoms with Crippen molar-refractivity contribution in [3.63, 3.8) is 0 Å². The lowest BCUT2D eigenvalue weighted by molar-refractivity contribution is 0.496. The van der Waals surface area contributed by atoms with E-state index in [1.807, 2.05) is 0 Å². The van der Waals surface area contributed by atoms with Crippen LogP contribution in [0.3, 0.4) is 0 Å². The zero-order valence-electron chi connectivity index (χ0n) is 12.0. The van der Waals surface area contributed by atoms with Gasteiger partial charge in [0.05, 0.1) is 10.2 Å². The quantitative estimate of drug-likeness (QED) is 0.698. The number of hydrogen-bond donors (Lipinski definition) is 0. The van der Waals surface area contributed by atoms with E-state index in [-0.39, 0.29) is 5.41 Å². The highest BCUT2D eigenvalue weighted by Crippen LogP contribution is 2.34. The van der Waals surface area contributed by atoms with E-state index in [1.54, 1.807) is 0 Å². The van der Waals surface area contributed by atoms with Crippen molar-refractivity contribution in [2.24, 2.45) is 5.92 Å². The minimum Gasteiger partial charge on any atom is -0.236 e. The standard InChI is InChI=1S/C14H22BrClN2/c1-8(2)7-9(3)13-17-11(14(4,5)6)10(15)12(16)18-13/h8-9H,7H2,1-6H3. The molecule has 0 spiro atoms. The Hall–Kier alpha value is -0.150. The van der Waals surface area contributed by atoms with Crippen LogP contribution in [0.4, 0.5) is 0 Å². The van der Waals surface area contributed by atoms with Crippen LogP contribution in [0.15, 0.2) is 4.47 Å². The van der Waals surface area contributed by atoms with E-state index in [1.165, 1.54) is 0 Å². The normalized spacial score (nSPS) is 14.1. The molecule has 0 fully saturated rings. The van der Waals surface area contributed by atoms with Crippen LogP contribution in [0.25, 0.3) is 0 Å². The molecule has 2 nitrogen and oxygen atoms in total. The summed E-state index contributed by atoms with van der Waals surface area (Å²) in [5.74, 6) is 1.81. The Balaban J connectivity index is 3.20. The smallest absolute Gasteiger partial charge is 0.147 e. The van der Waals surface area contributed by atoms with Crippen molar-refractivity contribution in [1.29, 1.82) is 0 Å². The molecule has 0 radical (unpaired) electrons. The van der Waals surface area contributed by atoms with Crippen LogP contribution < -0.4 is 0 Å².